The Morgan fingerprint density at radius 1 is 1.15 bits per heavy atom. The van der Waals surface area contributed by atoms with Crippen LogP contribution >= 0.6 is 11.6 Å². The van der Waals surface area contributed by atoms with Crippen molar-refractivity contribution in [2.45, 2.75) is 65.1 Å². The van der Waals surface area contributed by atoms with E-state index < -0.39 is 35.8 Å². The van der Waals surface area contributed by atoms with Crippen LogP contribution in [0.25, 0.3) is 0 Å². The molecule has 0 heterocycles. The highest BCUT2D eigenvalue weighted by Gasteiger charge is 2.30. The van der Waals surface area contributed by atoms with Crippen LogP contribution in [-0.2, 0) is 14.4 Å². The van der Waals surface area contributed by atoms with Crippen LogP contribution in [0.15, 0.2) is 18.2 Å². The highest BCUT2D eigenvalue weighted by Crippen LogP contribution is 2.23. The standard InChI is InChI=1S/C23H35ClN4O6/c1-5-14(4)20(23(32)33)28-22(31)17(7-9-19(25)29)27-21(30)16-12-15(24)6-8-18(16)34-11-10-26-13(2)3/h6,8,12-14,17,20,26H,5,7,9-11H2,1-4H3,(H2,25,29)(H,27,30)(H,28,31)(H,32,33)/t14-,17-,20-/m0/s1. The molecule has 1 aromatic carbocycles. The molecule has 3 amide bonds. The molecular weight excluding hydrogens is 464 g/mol. The van der Waals surface area contributed by atoms with E-state index in [1.165, 1.54) is 6.07 Å². The number of benzene rings is 1. The molecule has 34 heavy (non-hydrogen) atoms. The maximum Gasteiger partial charge on any atom is 0.326 e. The van der Waals surface area contributed by atoms with E-state index in [2.05, 4.69) is 16.0 Å². The van der Waals surface area contributed by atoms with Crippen molar-refractivity contribution in [1.82, 2.24) is 16.0 Å². The maximum absolute atomic E-state index is 13.1. The number of carboxylic acids is 1. The molecule has 3 atom stereocenters. The van der Waals surface area contributed by atoms with Gasteiger partial charge in [-0.1, -0.05) is 45.7 Å². The van der Waals surface area contributed by atoms with Crippen molar-refractivity contribution in [3.05, 3.63) is 28.8 Å². The number of ether oxygens (including phenoxy) is 1. The van der Waals surface area contributed by atoms with Crippen LogP contribution in [0.4, 0.5) is 0 Å². The van der Waals surface area contributed by atoms with Gasteiger partial charge in [0.25, 0.3) is 5.91 Å². The van der Waals surface area contributed by atoms with E-state index in [1.54, 1.807) is 26.0 Å². The van der Waals surface area contributed by atoms with Crippen molar-refractivity contribution in [2.24, 2.45) is 11.7 Å². The summed E-state index contributed by atoms with van der Waals surface area (Å²) in [6.45, 7) is 8.33. The average Bonchev–Trinajstić information content (AvgIpc) is 2.77. The molecular formula is C23H35ClN4O6. The topological polar surface area (TPSA) is 160 Å². The minimum absolute atomic E-state index is 0.102. The molecule has 0 saturated carbocycles. The van der Waals surface area contributed by atoms with Gasteiger partial charge in [-0.2, -0.15) is 0 Å². The lowest BCUT2D eigenvalue weighted by molar-refractivity contribution is -0.143. The zero-order valence-corrected chi connectivity index (χ0v) is 20.8. The van der Waals surface area contributed by atoms with Crippen molar-refractivity contribution in [2.75, 3.05) is 13.2 Å². The Morgan fingerprint density at radius 2 is 1.82 bits per heavy atom. The van der Waals surface area contributed by atoms with Crippen LogP contribution in [0, 0.1) is 5.92 Å². The van der Waals surface area contributed by atoms with E-state index in [9.17, 15) is 24.3 Å². The Kier molecular flexibility index (Phi) is 12.4. The van der Waals surface area contributed by atoms with Gasteiger partial charge in [0.2, 0.25) is 11.8 Å². The van der Waals surface area contributed by atoms with Gasteiger partial charge in [0.15, 0.2) is 0 Å². The number of carbonyl (C=O) groups is 4. The summed E-state index contributed by atoms with van der Waals surface area (Å²) in [5.41, 5.74) is 5.32. The van der Waals surface area contributed by atoms with E-state index in [0.717, 1.165) is 0 Å². The predicted molar refractivity (Wildman–Crippen MR) is 129 cm³/mol. The van der Waals surface area contributed by atoms with Crippen LogP contribution in [-0.4, -0.2) is 60.1 Å². The number of hydrogen-bond acceptors (Lipinski definition) is 6. The zero-order valence-electron chi connectivity index (χ0n) is 20.0. The lowest BCUT2D eigenvalue weighted by atomic mass is 9.98. The van der Waals surface area contributed by atoms with Gasteiger partial charge in [0, 0.05) is 24.0 Å². The highest BCUT2D eigenvalue weighted by atomic mass is 35.5. The van der Waals surface area contributed by atoms with Gasteiger partial charge in [-0.25, -0.2) is 4.79 Å². The Bertz CT molecular complexity index is 864. The third kappa shape index (κ3) is 9.96. The normalized spacial score (nSPS) is 13.6. The van der Waals surface area contributed by atoms with Crippen LogP contribution in [0.3, 0.4) is 0 Å². The van der Waals surface area contributed by atoms with E-state index in [1.807, 2.05) is 13.8 Å². The fourth-order valence-electron chi connectivity index (χ4n) is 3.04. The van der Waals surface area contributed by atoms with Gasteiger partial charge >= 0.3 is 5.97 Å². The second-order valence-electron chi connectivity index (χ2n) is 8.34. The molecule has 0 unspecified atom stereocenters. The van der Waals surface area contributed by atoms with Crippen molar-refractivity contribution in [3.8, 4) is 5.75 Å². The Labute approximate surface area is 204 Å². The molecule has 0 bridgehead atoms. The molecule has 190 valence electrons. The molecule has 10 nitrogen and oxygen atoms in total. The van der Waals surface area contributed by atoms with E-state index >= 15 is 0 Å². The molecule has 0 aliphatic rings. The van der Waals surface area contributed by atoms with E-state index in [0.29, 0.717) is 24.6 Å². The molecule has 0 aromatic heterocycles. The van der Waals surface area contributed by atoms with Gasteiger partial charge in [0.05, 0.1) is 5.56 Å². The van der Waals surface area contributed by atoms with Crippen molar-refractivity contribution in [3.63, 3.8) is 0 Å². The second-order valence-corrected chi connectivity index (χ2v) is 8.78. The van der Waals surface area contributed by atoms with Gasteiger partial charge in [-0.3, -0.25) is 14.4 Å². The summed E-state index contributed by atoms with van der Waals surface area (Å²) in [6, 6.07) is 2.46. The SMILES string of the molecule is CC[C@H](C)[C@H](NC(=O)[C@H](CCC(N)=O)NC(=O)c1cc(Cl)ccc1OCCNC(C)C)C(=O)O. The Balaban J connectivity index is 3.06. The molecule has 11 heteroatoms. The summed E-state index contributed by atoms with van der Waals surface area (Å²) in [5.74, 6) is -3.32. The Hall–Kier alpha value is -2.85. The molecule has 0 saturated heterocycles. The lowest BCUT2D eigenvalue weighted by Crippen LogP contribution is -2.53. The maximum atomic E-state index is 13.1. The van der Waals surface area contributed by atoms with Crippen LogP contribution in [0.5, 0.6) is 5.75 Å². The summed E-state index contributed by atoms with van der Waals surface area (Å²) < 4.78 is 5.71. The molecule has 0 aliphatic carbocycles. The fourth-order valence-corrected chi connectivity index (χ4v) is 3.21. The third-order valence-electron chi connectivity index (χ3n) is 5.18. The number of carbonyl (C=O) groups excluding carboxylic acids is 3. The van der Waals surface area contributed by atoms with Crippen molar-refractivity contribution >= 4 is 35.3 Å². The number of primary amides is 1. The average molecular weight is 499 g/mol. The number of carboxylic acid groups (broad SMARTS) is 1. The van der Waals surface area contributed by atoms with Crippen LogP contribution in [0.2, 0.25) is 5.02 Å². The number of nitrogens with one attached hydrogen (secondary N) is 3. The molecule has 6 N–H and O–H groups in total. The highest BCUT2D eigenvalue weighted by molar-refractivity contribution is 6.31. The summed E-state index contributed by atoms with van der Waals surface area (Å²) in [6.07, 6.45) is 0.235. The van der Waals surface area contributed by atoms with Crippen LogP contribution in [0.1, 0.15) is 57.3 Å². The smallest absolute Gasteiger partial charge is 0.326 e. The van der Waals surface area contributed by atoms with Crippen LogP contribution < -0.4 is 26.4 Å². The molecule has 0 spiro atoms. The van der Waals surface area contributed by atoms with Crippen molar-refractivity contribution < 1.29 is 29.0 Å². The lowest BCUT2D eigenvalue weighted by Gasteiger charge is -2.24. The molecule has 0 radical (unpaired) electrons. The van der Waals surface area contributed by atoms with Gasteiger partial charge < -0.3 is 31.5 Å². The van der Waals surface area contributed by atoms with Gasteiger partial charge in [-0.15, -0.1) is 0 Å². The first kappa shape index (κ1) is 29.2. The summed E-state index contributed by atoms with van der Waals surface area (Å²) in [4.78, 5) is 48.8. The number of halogens is 1. The van der Waals surface area contributed by atoms with Gasteiger partial charge in [-0.05, 0) is 30.5 Å². The molecule has 0 fully saturated rings. The van der Waals surface area contributed by atoms with E-state index in [4.69, 9.17) is 22.1 Å². The number of aliphatic carboxylic acids is 1. The number of hydrogen-bond donors (Lipinski definition) is 5. The molecule has 1 rings (SSSR count). The minimum atomic E-state index is -1.19. The summed E-state index contributed by atoms with van der Waals surface area (Å²) in [7, 11) is 0. The Morgan fingerprint density at radius 3 is 2.38 bits per heavy atom. The quantitative estimate of drug-likeness (QED) is 0.230. The van der Waals surface area contributed by atoms with E-state index in [-0.39, 0.29) is 36.1 Å². The number of rotatable bonds is 15. The first-order valence-electron chi connectivity index (χ1n) is 11.2. The number of nitrogens with two attached hydrogens (primary N) is 1. The molecule has 1 aromatic rings. The second kappa shape index (κ2) is 14.4. The largest absolute Gasteiger partial charge is 0.491 e. The third-order valence-corrected chi connectivity index (χ3v) is 5.41. The van der Waals surface area contributed by atoms with Crippen molar-refractivity contribution in [1.29, 1.82) is 0 Å². The minimum Gasteiger partial charge on any atom is -0.491 e. The summed E-state index contributed by atoms with van der Waals surface area (Å²) >= 11 is 6.07. The monoisotopic (exact) mass is 498 g/mol. The predicted octanol–water partition coefficient (Wildman–Crippen LogP) is 1.70. The number of amides is 3. The van der Waals surface area contributed by atoms with Gasteiger partial charge in [0.1, 0.15) is 24.4 Å². The first-order chi connectivity index (χ1) is 16.0. The first-order valence-corrected chi connectivity index (χ1v) is 11.6. The summed E-state index contributed by atoms with van der Waals surface area (Å²) in [5, 5.41) is 18.0. The fraction of sp³-hybridized carbons (Fsp3) is 0.565. The molecule has 0 aliphatic heterocycles. The zero-order chi connectivity index (χ0) is 25.8.